The van der Waals surface area contributed by atoms with E-state index in [9.17, 15) is 9.59 Å². The summed E-state index contributed by atoms with van der Waals surface area (Å²) in [6, 6.07) is 11.8. The molecule has 0 spiro atoms. The molecule has 0 fully saturated rings. The molecule has 2 rings (SSSR count). The average molecular weight is 370 g/mol. The van der Waals surface area contributed by atoms with Crippen molar-refractivity contribution in [2.24, 2.45) is 5.73 Å². The molecule has 0 saturated heterocycles. The van der Waals surface area contributed by atoms with Crippen LogP contribution in [0.5, 0.6) is 11.5 Å². The molecule has 3 amide bonds. The van der Waals surface area contributed by atoms with Crippen molar-refractivity contribution in [3.05, 3.63) is 53.6 Å². The van der Waals surface area contributed by atoms with Gasteiger partial charge in [0.05, 0.1) is 5.56 Å². The molecule has 0 aliphatic heterocycles. The standard InChI is InChI=1S/C20H26N4O3/c1-3-15(4-2)24-20(26)23-12-13-5-10-18(17(11-13)19(22)25)27-16-8-6-14(21)7-9-16/h5-11,15H,3-4,12,21H2,1-2H3,(H2,22,25)(H2,23,24,26). The monoisotopic (exact) mass is 370 g/mol. The van der Waals surface area contributed by atoms with E-state index in [1.807, 2.05) is 13.8 Å². The number of amides is 3. The predicted molar refractivity (Wildman–Crippen MR) is 106 cm³/mol. The minimum atomic E-state index is -0.608. The summed E-state index contributed by atoms with van der Waals surface area (Å²) in [7, 11) is 0. The van der Waals surface area contributed by atoms with E-state index in [2.05, 4.69) is 10.6 Å². The third kappa shape index (κ3) is 5.91. The minimum absolute atomic E-state index is 0.141. The van der Waals surface area contributed by atoms with Crippen LogP contribution in [-0.4, -0.2) is 18.0 Å². The van der Waals surface area contributed by atoms with Crippen LogP contribution < -0.4 is 26.8 Å². The summed E-state index contributed by atoms with van der Waals surface area (Å²) in [4.78, 5) is 23.8. The molecule has 27 heavy (non-hydrogen) atoms. The lowest BCUT2D eigenvalue weighted by Gasteiger charge is -2.16. The molecule has 2 aromatic carbocycles. The highest BCUT2D eigenvalue weighted by Gasteiger charge is 2.13. The normalized spacial score (nSPS) is 10.5. The molecule has 6 N–H and O–H groups in total. The molecule has 0 aromatic heterocycles. The zero-order chi connectivity index (χ0) is 19.8. The van der Waals surface area contributed by atoms with Gasteiger partial charge < -0.3 is 26.8 Å². The number of hydrogen-bond acceptors (Lipinski definition) is 4. The summed E-state index contributed by atoms with van der Waals surface area (Å²) in [5.74, 6) is 0.281. The quantitative estimate of drug-likeness (QED) is 0.534. The van der Waals surface area contributed by atoms with E-state index in [4.69, 9.17) is 16.2 Å². The summed E-state index contributed by atoms with van der Waals surface area (Å²) in [6.07, 6.45) is 1.74. The molecule has 0 unspecified atom stereocenters. The van der Waals surface area contributed by atoms with Crippen LogP contribution in [-0.2, 0) is 6.54 Å². The van der Waals surface area contributed by atoms with Crippen LogP contribution in [0.3, 0.4) is 0 Å². The largest absolute Gasteiger partial charge is 0.457 e. The third-order valence-electron chi connectivity index (χ3n) is 4.19. The van der Waals surface area contributed by atoms with Crippen LogP contribution in [0, 0.1) is 0 Å². The number of rotatable bonds is 8. The van der Waals surface area contributed by atoms with Gasteiger partial charge in [-0.3, -0.25) is 4.79 Å². The van der Waals surface area contributed by atoms with Crippen LogP contribution >= 0.6 is 0 Å². The molecule has 0 aliphatic rings. The van der Waals surface area contributed by atoms with Gasteiger partial charge in [-0.15, -0.1) is 0 Å². The molecule has 7 heteroatoms. The molecule has 0 radical (unpaired) electrons. The molecule has 144 valence electrons. The molecule has 7 nitrogen and oxygen atoms in total. The van der Waals surface area contributed by atoms with Crippen molar-refractivity contribution in [2.75, 3.05) is 5.73 Å². The number of carbonyl (C=O) groups is 2. The number of primary amides is 1. The van der Waals surface area contributed by atoms with E-state index in [1.165, 1.54) is 0 Å². The van der Waals surface area contributed by atoms with Gasteiger partial charge in [0.1, 0.15) is 11.5 Å². The highest BCUT2D eigenvalue weighted by Crippen LogP contribution is 2.26. The summed E-state index contributed by atoms with van der Waals surface area (Å²) in [5.41, 5.74) is 12.7. The van der Waals surface area contributed by atoms with E-state index in [-0.39, 0.29) is 24.2 Å². The molecule has 0 aliphatic carbocycles. The molecule has 0 heterocycles. The van der Waals surface area contributed by atoms with Gasteiger partial charge in [0.15, 0.2) is 0 Å². The summed E-state index contributed by atoms with van der Waals surface area (Å²) >= 11 is 0. The number of nitrogens with one attached hydrogen (secondary N) is 2. The highest BCUT2D eigenvalue weighted by atomic mass is 16.5. The van der Waals surface area contributed by atoms with Gasteiger partial charge in [-0.05, 0) is 54.8 Å². The number of hydrogen-bond donors (Lipinski definition) is 4. The van der Waals surface area contributed by atoms with E-state index >= 15 is 0 Å². The first kappa shape index (κ1) is 20.1. The second kappa shape index (κ2) is 9.47. The fourth-order valence-corrected chi connectivity index (χ4v) is 2.54. The fraction of sp³-hybridized carbons (Fsp3) is 0.300. The third-order valence-corrected chi connectivity index (χ3v) is 4.19. The first-order valence-corrected chi connectivity index (χ1v) is 8.93. The second-order valence-electron chi connectivity index (χ2n) is 6.21. The Morgan fingerprint density at radius 3 is 2.33 bits per heavy atom. The number of anilines is 1. The lowest BCUT2D eigenvalue weighted by atomic mass is 10.1. The van der Waals surface area contributed by atoms with E-state index in [0.29, 0.717) is 17.2 Å². The van der Waals surface area contributed by atoms with Crippen molar-refractivity contribution in [1.29, 1.82) is 0 Å². The van der Waals surface area contributed by atoms with Crippen molar-refractivity contribution in [3.63, 3.8) is 0 Å². The Labute approximate surface area is 159 Å². The SMILES string of the molecule is CCC(CC)NC(=O)NCc1ccc(Oc2ccc(N)cc2)c(C(N)=O)c1. The number of ether oxygens (including phenoxy) is 1. The molecule has 2 aromatic rings. The van der Waals surface area contributed by atoms with Crippen LogP contribution in [0.15, 0.2) is 42.5 Å². The number of carbonyl (C=O) groups excluding carboxylic acids is 2. The van der Waals surface area contributed by atoms with Crippen molar-refractivity contribution >= 4 is 17.6 Å². The summed E-state index contributed by atoms with van der Waals surface area (Å²) in [6.45, 7) is 4.31. The summed E-state index contributed by atoms with van der Waals surface area (Å²) in [5, 5.41) is 5.68. The lowest BCUT2D eigenvalue weighted by molar-refractivity contribution is 0.0998. The Bertz CT molecular complexity index is 786. The van der Waals surface area contributed by atoms with Gasteiger partial charge in [0.2, 0.25) is 0 Å². The molecule has 0 bridgehead atoms. The Balaban J connectivity index is 2.07. The minimum Gasteiger partial charge on any atom is -0.457 e. The first-order valence-electron chi connectivity index (χ1n) is 8.93. The first-order chi connectivity index (χ1) is 12.9. The fourth-order valence-electron chi connectivity index (χ4n) is 2.54. The maximum absolute atomic E-state index is 12.0. The average Bonchev–Trinajstić information content (AvgIpc) is 2.66. The molecule has 0 saturated carbocycles. The zero-order valence-electron chi connectivity index (χ0n) is 15.6. The Hall–Kier alpha value is -3.22. The second-order valence-corrected chi connectivity index (χ2v) is 6.21. The maximum Gasteiger partial charge on any atom is 0.315 e. The van der Waals surface area contributed by atoms with Gasteiger partial charge in [-0.1, -0.05) is 19.9 Å². The lowest BCUT2D eigenvalue weighted by Crippen LogP contribution is -2.41. The van der Waals surface area contributed by atoms with Gasteiger partial charge in [-0.2, -0.15) is 0 Å². The van der Waals surface area contributed by atoms with Gasteiger partial charge in [0.25, 0.3) is 5.91 Å². The van der Waals surface area contributed by atoms with E-state index in [0.717, 1.165) is 18.4 Å². The van der Waals surface area contributed by atoms with Crippen LogP contribution in [0.2, 0.25) is 0 Å². The smallest absolute Gasteiger partial charge is 0.315 e. The Morgan fingerprint density at radius 2 is 1.74 bits per heavy atom. The molecular weight excluding hydrogens is 344 g/mol. The number of nitrogens with two attached hydrogens (primary N) is 2. The van der Waals surface area contributed by atoms with Crippen molar-refractivity contribution in [1.82, 2.24) is 10.6 Å². The highest BCUT2D eigenvalue weighted by molar-refractivity contribution is 5.96. The van der Waals surface area contributed by atoms with E-state index in [1.54, 1.807) is 42.5 Å². The Kier molecular flexibility index (Phi) is 7.05. The molecular formula is C20H26N4O3. The van der Waals surface area contributed by atoms with Crippen molar-refractivity contribution in [2.45, 2.75) is 39.3 Å². The van der Waals surface area contributed by atoms with Gasteiger partial charge in [0, 0.05) is 18.3 Å². The van der Waals surface area contributed by atoms with E-state index < -0.39 is 5.91 Å². The van der Waals surface area contributed by atoms with Crippen LogP contribution in [0.25, 0.3) is 0 Å². The number of urea groups is 1. The number of nitrogen functional groups attached to an aromatic ring is 1. The van der Waals surface area contributed by atoms with Gasteiger partial charge in [-0.25, -0.2) is 4.79 Å². The zero-order valence-corrected chi connectivity index (χ0v) is 15.6. The Morgan fingerprint density at radius 1 is 1.07 bits per heavy atom. The topological polar surface area (TPSA) is 119 Å². The van der Waals surface area contributed by atoms with Crippen molar-refractivity contribution in [3.8, 4) is 11.5 Å². The van der Waals surface area contributed by atoms with Crippen LogP contribution in [0.1, 0.15) is 42.6 Å². The predicted octanol–water partition coefficient (Wildman–Crippen LogP) is 3.15. The maximum atomic E-state index is 12.0. The summed E-state index contributed by atoms with van der Waals surface area (Å²) < 4.78 is 5.73. The van der Waals surface area contributed by atoms with Gasteiger partial charge >= 0.3 is 6.03 Å². The molecule has 0 atom stereocenters. The number of benzene rings is 2. The van der Waals surface area contributed by atoms with Crippen LogP contribution in [0.4, 0.5) is 10.5 Å². The van der Waals surface area contributed by atoms with Crippen molar-refractivity contribution < 1.29 is 14.3 Å².